The Hall–Kier alpha value is -2.48. The molecule has 1 aliphatic heterocycles. The second-order valence-corrected chi connectivity index (χ2v) is 8.54. The quantitative estimate of drug-likeness (QED) is 0.746. The zero-order chi connectivity index (χ0) is 19.9. The number of carbonyl (C=O) groups excluding carboxylic acids is 2. The number of aromatic nitrogens is 2. The number of urea groups is 1. The molecule has 2 heterocycles. The van der Waals surface area contributed by atoms with Gasteiger partial charge in [-0.05, 0) is 24.3 Å². The normalized spacial score (nSPS) is 14.9. The number of hydrogen-bond donors (Lipinski definition) is 2. The van der Waals surface area contributed by atoms with Crippen molar-refractivity contribution in [3.05, 3.63) is 40.9 Å². The van der Waals surface area contributed by atoms with E-state index in [2.05, 4.69) is 34.7 Å². The van der Waals surface area contributed by atoms with Crippen LogP contribution in [0.3, 0.4) is 0 Å². The van der Waals surface area contributed by atoms with Gasteiger partial charge in [-0.2, -0.15) is 0 Å². The highest BCUT2D eigenvalue weighted by molar-refractivity contribution is 7.15. The van der Waals surface area contributed by atoms with Crippen LogP contribution in [-0.4, -0.2) is 46.2 Å². The molecule has 1 fully saturated rings. The van der Waals surface area contributed by atoms with E-state index in [9.17, 15) is 9.59 Å². The number of rotatable bonds is 7. The van der Waals surface area contributed by atoms with Crippen LogP contribution in [0.25, 0.3) is 0 Å². The van der Waals surface area contributed by atoms with Gasteiger partial charge >= 0.3 is 6.03 Å². The van der Waals surface area contributed by atoms with Gasteiger partial charge in [-0.3, -0.25) is 10.1 Å². The fraction of sp³-hybridized carbons (Fsp3) is 0.500. The molecule has 1 aliphatic rings. The van der Waals surface area contributed by atoms with Gasteiger partial charge in [-0.25, -0.2) is 4.79 Å². The van der Waals surface area contributed by atoms with Crippen LogP contribution < -0.4 is 10.6 Å². The summed E-state index contributed by atoms with van der Waals surface area (Å²) in [5.74, 6) is 0.200. The summed E-state index contributed by atoms with van der Waals surface area (Å²) in [7, 11) is 0. The first-order chi connectivity index (χ1) is 13.5. The average molecular weight is 402 g/mol. The van der Waals surface area contributed by atoms with Crippen molar-refractivity contribution in [3.8, 4) is 0 Å². The van der Waals surface area contributed by atoms with Gasteiger partial charge in [0.15, 0.2) is 0 Å². The van der Waals surface area contributed by atoms with Crippen LogP contribution in [0.15, 0.2) is 30.3 Å². The molecule has 1 aromatic heterocycles. The molecule has 7 nitrogen and oxygen atoms in total. The minimum Gasteiger partial charge on any atom is -0.326 e. The van der Waals surface area contributed by atoms with Gasteiger partial charge in [-0.15, -0.1) is 10.2 Å². The van der Waals surface area contributed by atoms with Crippen LogP contribution in [0, 0.1) is 5.92 Å². The van der Waals surface area contributed by atoms with Crippen molar-refractivity contribution in [1.82, 2.24) is 20.4 Å². The number of amides is 3. The Morgan fingerprint density at radius 3 is 2.50 bits per heavy atom. The minimum absolute atomic E-state index is 0.189. The van der Waals surface area contributed by atoms with Crippen LogP contribution >= 0.6 is 11.3 Å². The van der Waals surface area contributed by atoms with Crippen LogP contribution in [-0.2, 0) is 17.6 Å². The number of carbonyl (C=O) groups is 2. The average Bonchev–Trinajstić information content (AvgIpc) is 3.34. The molecule has 0 aliphatic carbocycles. The third kappa shape index (κ3) is 5.76. The summed E-state index contributed by atoms with van der Waals surface area (Å²) in [6.07, 6.45) is 3.26. The molecule has 3 rings (SSSR count). The molecule has 1 atom stereocenters. The molecule has 150 valence electrons. The van der Waals surface area contributed by atoms with Gasteiger partial charge in [0, 0.05) is 25.9 Å². The molecule has 0 bridgehead atoms. The number of nitrogens with one attached hydrogen (secondary N) is 2. The molecule has 0 spiro atoms. The molecule has 1 saturated heterocycles. The summed E-state index contributed by atoms with van der Waals surface area (Å²) in [5, 5.41) is 15.3. The summed E-state index contributed by atoms with van der Waals surface area (Å²) < 4.78 is 0. The van der Waals surface area contributed by atoms with Gasteiger partial charge in [0.2, 0.25) is 11.0 Å². The lowest BCUT2D eigenvalue weighted by Gasteiger charge is -2.22. The number of hydrogen-bond acceptors (Lipinski definition) is 5. The number of nitrogens with zero attached hydrogens (tertiary/aromatic N) is 3. The van der Waals surface area contributed by atoms with E-state index in [0.29, 0.717) is 17.5 Å². The predicted octanol–water partition coefficient (Wildman–Crippen LogP) is 3.09. The van der Waals surface area contributed by atoms with Crippen molar-refractivity contribution < 1.29 is 9.59 Å². The highest BCUT2D eigenvalue weighted by Crippen LogP contribution is 2.19. The van der Waals surface area contributed by atoms with Crippen LogP contribution in [0.4, 0.5) is 9.93 Å². The van der Waals surface area contributed by atoms with Crippen molar-refractivity contribution >= 4 is 28.4 Å². The fourth-order valence-electron chi connectivity index (χ4n) is 3.15. The Kier molecular flexibility index (Phi) is 6.97. The van der Waals surface area contributed by atoms with E-state index in [4.69, 9.17) is 0 Å². The molecule has 28 heavy (non-hydrogen) atoms. The Bertz CT molecular complexity index is 787. The first-order valence-electron chi connectivity index (χ1n) is 9.74. The van der Waals surface area contributed by atoms with E-state index in [1.807, 2.05) is 30.3 Å². The molecule has 3 amide bonds. The van der Waals surface area contributed by atoms with Crippen molar-refractivity contribution in [2.24, 2.45) is 5.92 Å². The van der Waals surface area contributed by atoms with E-state index < -0.39 is 6.04 Å². The standard InChI is InChI=1S/C20H27N5O2S/c1-14(2)12-17-23-24-19(28-17)22-18(26)16(13-15-8-4-3-5-9-15)21-20(27)25-10-6-7-11-25/h3-5,8-9,14,16H,6-7,10-13H2,1-2H3,(H,21,27)(H,22,24,26)/t16-/m1/s1. The Morgan fingerprint density at radius 2 is 1.82 bits per heavy atom. The lowest BCUT2D eigenvalue weighted by Crippen LogP contribution is -2.49. The topological polar surface area (TPSA) is 87.2 Å². The smallest absolute Gasteiger partial charge is 0.318 e. The number of anilines is 1. The predicted molar refractivity (Wildman–Crippen MR) is 110 cm³/mol. The summed E-state index contributed by atoms with van der Waals surface area (Å²) in [5.41, 5.74) is 0.988. The Morgan fingerprint density at radius 1 is 1.11 bits per heavy atom. The van der Waals surface area contributed by atoms with E-state index >= 15 is 0 Å². The first kappa shape index (κ1) is 20.3. The molecule has 2 N–H and O–H groups in total. The van der Waals surface area contributed by atoms with Crippen LogP contribution in [0.2, 0.25) is 0 Å². The summed E-state index contributed by atoms with van der Waals surface area (Å²) in [6, 6.07) is 8.82. The molecule has 0 radical (unpaired) electrons. The maximum atomic E-state index is 12.9. The zero-order valence-corrected chi connectivity index (χ0v) is 17.2. The molecule has 8 heteroatoms. The SMILES string of the molecule is CC(C)Cc1nnc(NC(=O)[C@@H](Cc2ccccc2)NC(=O)N2CCCC2)s1. The Balaban J connectivity index is 1.68. The molecule has 0 saturated carbocycles. The lowest BCUT2D eigenvalue weighted by atomic mass is 10.1. The third-order valence-electron chi connectivity index (χ3n) is 4.57. The second kappa shape index (κ2) is 9.64. The van der Waals surface area contributed by atoms with E-state index in [-0.39, 0.29) is 11.9 Å². The van der Waals surface area contributed by atoms with Crippen LogP contribution in [0.1, 0.15) is 37.3 Å². The van der Waals surface area contributed by atoms with Crippen LogP contribution in [0.5, 0.6) is 0 Å². The van der Waals surface area contributed by atoms with Crippen molar-refractivity contribution in [1.29, 1.82) is 0 Å². The van der Waals surface area contributed by atoms with Gasteiger partial charge in [0.25, 0.3) is 0 Å². The van der Waals surface area contributed by atoms with Crippen molar-refractivity contribution in [2.45, 2.75) is 45.6 Å². The highest BCUT2D eigenvalue weighted by Gasteiger charge is 2.26. The monoisotopic (exact) mass is 401 g/mol. The van der Waals surface area contributed by atoms with Crippen molar-refractivity contribution in [2.75, 3.05) is 18.4 Å². The maximum absolute atomic E-state index is 12.9. The zero-order valence-electron chi connectivity index (χ0n) is 16.4. The molecule has 0 unspecified atom stereocenters. The van der Waals surface area contributed by atoms with Gasteiger partial charge in [0.05, 0.1) is 0 Å². The molecular weight excluding hydrogens is 374 g/mol. The largest absolute Gasteiger partial charge is 0.326 e. The summed E-state index contributed by atoms with van der Waals surface area (Å²) in [6.45, 7) is 5.70. The third-order valence-corrected chi connectivity index (χ3v) is 5.43. The van der Waals surface area contributed by atoms with Gasteiger partial charge < -0.3 is 10.2 Å². The molecule has 2 aromatic rings. The first-order valence-corrected chi connectivity index (χ1v) is 10.6. The number of likely N-dealkylation sites (tertiary alicyclic amines) is 1. The summed E-state index contributed by atoms with van der Waals surface area (Å²) in [4.78, 5) is 27.2. The molecular formula is C20H27N5O2S. The minimum atomic E-state index is -0.673. The Labute approximate surface area is 169 Å². The van der Waals surface area contributed by atoms with E-state index in [1.165, 1.54) is 11.3 Å². The molecule has 1 aromatic carbocycles. The van der Waals surface area contributed by atoms with E-state index in [0.717, 1.165) is 42.9 Å². The number of benzene rings is 1. The van der Waals surface area contributed by atoms with Gasteiger partial charge in [0.1, 0.15) is 11.0 Å². The second-order valence-electron chi connectivity index (χ2n) is 7.47. The highest BCUT2D eigenvalue weighted by atomic mass is 32.1. The van der Waals surface area contributed by atoms with Crippen molar-refractivity contribution in [3.63, 3.8) is 0 Å². The fourth-order valence-corrected chi connectivity index (χ4v) is 4.10. The lowest BCUT2D eigenvalue weighted by molar-refractivity contribution is -0.118. The van der Waals surface area contributed by atoms with E-state index in [1.54, 1.807) is 4.90 Å². The summed E-state index contributed by atoms with van der Waals surface area (Å²) >= 11 is 1.38. The van der Waals surface area contributed by atoms with Gasteiger partial charge in [-0.1, -0.05) is 55.5 Å². The maximum Gasteiger partial charge on any atom is 0.318 e.